The highest BCUT2D eigenvalue weighted by atomic mass is 14.4. The molecule has 0 spiro atoms. The van der Waals surface area contributed by atoms with Gasteiger partial charge in [0.2, 0.25) is 0 Å². The number of hydrogen-bond acceptors (Lipinski definition) is 0. The minimum Gasteiger partial charge on any atom is -0.0656 e. The zero-order chi connectivity index (χ0) is 72.2. The molecule has 0 bridgehead atoms. The Morgan fingerprint density at radius 3 is 0.525 bits per heavy atom. The molecule has 6 fully saturated rings. The summed E-state index contributed by atoms with van der Waals surface area (Å²) in [6.45, 7) is 40.4. The minimum atomic E-state index is 1.02. The van der Waals surface area contributed by atoms with Crippen LogP contribution in [0.5, 0.6) is 0 Å². The fourth-order valence-electron chi connectivity index (χ4n) is 16.1. The van der Waals surface area contributed by atoms with E-state index in [1.165, 1.54) is 202 Å². The molecule has 552 valence electrons. The van der Waals surface area contributed by atoms with Gasteiger partial charge in [-0.25, -0.2) is 0 Å². The van der Waals surface area contributed by atoms with Crippen LogP contribution in [0.1, 0.15) is 328 Å². The highest BCUT2D eigenvalue weighted by Gasteiger charge is 2.31. The van der Waals surface area contributed by atoms with Crippen molar-refractivity contribution in [3.8, 4) is 22.3 Å². The molecular formula is C99H156. The van der Waals surface area contributed by atoms with E-state index < -0.39 is 0 Å². The summed E-state index contributed by atoms with van der Waals surface area (Å²) in [5.74, 6) is 12.8. The van der Waals surface area contributed by atoms with Crippen LogP contribution in [0.3, 0.4) is 0 Å². The molecule has 0 unspecified atom stereocenters. The first-order valence-corrected chi connectivity index (χ1v) is 42.3. The Labute approximate surface area is 616 Å². The van der Waals surface area contributed by atoms with Gasteiger partial charge in [0.15, 0.2) is 0 Å². The summed E-state index contributed by atoms with van der Waals surface area (Å²) in [5, 5.41) is 0. The van der Waals surface area contributed by atoms with Crippen molar-refractivity contribution in [2.45, 2.75) is 337 Å². The van der Waals surface area contributed by atoms with E-state index in [4.69, 9.17) is 0 Å². The summed E-state index contributed by atoms with van der Waals surface area (Å²) in [5.41, 5.74) is 16.1. The summed E-state index contributed by atoms with van der Waals surface area (Å²) in [6, 6.07) is 52.2. The molecule has 0 heterocycles. The van der Waals surface area contributed by atoms with Gasteiger partial charge in [0.1, 0.15) is 0 Å². The van der Waals surface area contributed by atoms with E-state index in [1.807, 2.05) is 0 Å². The molecule has 0 heteroatoms. The van der Waals surface area contributed by atoms with E-state index in [1.54, 1.807) is 51.4 Å². The predicted octanol–water partition coefficient (Wildman–Crippen LogP) is 31.5. The number of aryl methyl sites for hydroxylation is 8. The second kappa shape index (κ2) is 51.5. The summed E-state index contributed by atoms with van der Waals surface area (Å²) in [7, 11) is 0. The van der Waals surface area contributed by atoms with Crippen LogP contribution in [-0.4, -0.2) is 0 Å². The molecule has 0 nitrogen and oxygen atoms in total. The highest BCUT2D eigenvalue weighted by molar-refractivity contribution is 5.64. The average Bonchev–Trinajstić information content (AvgIpc) is 1.10. The van der Waals surface area contributed by atoms with Crippen molar-refractivity contribution in [3.63, 3.8) is 0 Å². The summed E-state index contributed by atoms with van der Waals surface area (Å²) in [6.07, 6.45) is 47.9. The van der Waals surface area contributed by atoms with E-state index in [2.05, 4.69) is 270 Å². The van der Waals surface area contributed by atoms with Crippen LogP contribution in [0.25, 0.3) is 22.3 Å². The van der Waals surface area contributed by atoms with E-state index >= 15 is 0 Å². The third-order valence-electron chi connectivity index (χ3n) is 24.4. The third-order valence-corrected chi connectivity index (χ3v) is 24.4. The first kappa shape index (κ1) is 86.7. The van der Waals surface area contributed by atoms with Crippen molar-refractivity contribution < 1.29 is 0 Å². The monoisotopic (exact) mass is 1350 g/mol. The molecule has 99 heavy (non-hydrogen) atoms. The second-order valence-electron chi connectivity index (χ2n) is 32.7. The first-order chi connectivity index (χ1) is 47.9. The Bertz CT molecular complexity index is 2600. The molecule has 6 aromatic rings. The molecule has 0 amide bonds. The van der Waals surface area contributed by atoms with Crippen LogP contribution in [0, 0.1) is 98.7 Å². The fourth-order valence-corrected chi connectivity index (χ4v) is 16.1. The van der Waals surface area contributed by atoms with Crippen LogP contribution in [0.4, 0.5) is 0 Å². The predicted molar refractivity (Wildman–Crippen MR) is 446 cm³/mol. The van der Waals surface area contributed by atoms with Crippen molar-refractivity contribution in [3.05, 3.63) is 190 Å². The molecule has 0 aromatic heterocycles. The lowest BCUT2D eigenvalue weighted by Crippen LogP contribution is -2.25. The van der Waals surface area contributed by atoms with Gasteiger partial charge in [0.05, 0.1) is 0 Å². The number of rotatable bonds is 12. The van der Waals surface area contributed by atoms with Crippen LogP contribution in [0.2, 0.25) is 0 Å². The molecular weight excluding hydrogens is 1190 g/mol. The Balaban J connectivity index is 0.000000242. The maximum absolute atomic E-state index is 2.43. The van der Waals surface area contributed by atoms with Crippen molar-refractivity contribution in [1.29, 1.82) is 0 Å². The summed E-state index contributed by atoms with van der Waals surface area (Å²) >= 11 is 0. The number of benzene rings is 6. The third kappa shape index (κ3) is 35.9. The zero-order valence-electron chi connectivity index (χ0n) is 68.1. The normalized spacial score (nSPS) is 24.7. The molecule has 6 aliphatic rings. The van der Waals surface area contributed by atoms with Gasteiger partial charge in [-0.3, -0.25) is 0 Å². The van der Waals surface area contributed by atoms with Gasteiger partial charge in [-0.15, -0.1) is 0 Å². The van der Waals surface area contributed by atoms with Crippen molar-refractivity contribution in [1.82, 2.24) is 0 Å². The van der Waals surface area contributed by atoms with Crippen LogP contribution in [-0.2, 0) is 25.7 Å². The van der Waals surface area contributed by atoms with Gasteiger partial charge in [-0.2, -0.15) is 0 Å². The van der Waals surface area contributed by atoms with Crippen LogP contribution < -0.4 is 0 Å². The fraction of sp³-hybridized carbons (Fsp3) is 0.636. The van der Waals surface area contributed by atoms with Gasteiger partial charge in [-0.05, 0) is 220 Å². The quantitative estimate of drug-likeness (QED) is 0.115. The largest absolute Gasteiger partial charge is 0.0656 e. The Morgan fingerprint density at radius 2 is 0.343 bits per heavy atom. The lowest BCUT2D eigenvalue weighted by atomic mass is 9.68. The van der Waals surface area contributed by atoms with Crippen molar-refractivity contribution in [2.75, 3.05) is 0 Å². The molecule has 0 saturated heterocycles. The highest BCUT2D eigenvalue weighted by Crippen LogP contribution is 2.43. The maximum Gasteiger partial charge on any atom is -0.0184 e. The van der Waals surface area contributed by atoms with Crippen molar-refractivity contribution in [2.24, 2.45) is 71.0 Å². The smallest absolute Gasteiger partial charge is 0.0184 e. The molecule has 6 aliphatic carbocycles. The van der Waals surface area contributed by atoms with Gasteiger partial charge in [-0.1, -0.05) is 400 Å². The SMILES string of the molecule is CC1CCC(C)CC1.CC1CCC(C2CCC(C)CC2)CC1.CCC.CCC1CCC(C2CCC(CC)CC2)CC1.CCC1CCC(CC)CC1.CCc1ccc(-c2ccc(CC)cc2)cc1.CCc1ccc(CC)cc1.Cc1ccc(-c2ccc(C)cc2)cc1.Cc1ccc(C)cc1. The van der Waals surface area contributed by atoms with Gasteiger partial charge < -0.3 is 0 Å². The first-order valence-electron chi connectivity index (χ1n) is 42.3. The van der Waals surface area contributed by atoms with E-state index in [0.29, 0.717) is 0 Å². The zero-order valence-corrected chi connectivity index (χ0v) is 68.1. The van der Waals surface area contributed by atoms with Crippen LogP contribution in [0.15, 0.2) is 146 Å². The molecule has 0 atom stereocenters. The lowest BCUT2D eigenvalue weighted by molar-refractivity contribution is 0.144. The van der Waals surface area contributed by atoms with Gasteiger partial charge in [0, 0.05) is 0 Å². The Hall–Kier alpha value is -4.68. The summed E-state index contributed by atoms with van der Waals surface area (Å²) < 4.78 is 0. The molecule has 6 aromatic carbocycles. The Morgan fingerprint density at radius 1 is 0.202 bits per heavy atom. The Kier molecular flexibility index (Phi) is 45.1. The molecule has 0 radical (unpaired) electrons. The average molecular weight is 1350 g/mol. The molecule has 0 N–H and O–H groups in total. The molecule has 6 saturated carbocycles. The van der Waals surface area contributed by atoms with Gasteiger partial charge in [0.25, 0.3) is 0 Å². The van der Waals surface area contributed by atoms with Crippen molar-refractivity contribution >= 4 is 0 Å². The maximum atomic E-state index is 2.43. The second-order valence-corrected chi connectivity index (χ2v) is 32.7. The lowest BCUT2D eigenvalue weighted by Gasteiger charge is -2.37. The number of hydrogen-bond donors (Lipinski definition) is 0. The van der Waals surface area contributed by atoms with Crippen LogP contribution >= 0.6 is 0 Å². The van der Waals surface area contributed by atoms with E-state index in [-0.39, 0.29) is 0 Å². The summed E-state index contributed by atoms with van der Waals surface area (Å²) in [4.78, 5) is 0. The molecule has 12 rings (SSSR count). The van der Waals surface area contributed by atoms with Gasteiger partial charge >= 0.3 is 0 Å². The minimum absolute atomic E-state index is 1.02. The molecule has 0 aliphatic heterocycles. The topological polar surface area (TPSA) is 0 Å². The van der Waals surface area contributed by atoms with E-state index in [9.17, 15) is 0 Å². The van der Waals surface area contributed by atoms with E-state index in [0.717, 1.165) is 96.7 Å². The standard InChI is InChI=1S/C16H30.C16H18.C14H26.C14H14.C10H20.C10H14.C8H16.C8H10.C3H8/c2*1-3-13-5-9-15(10-6-13)16-11-7-14(4-2)8-12-16;2*1-11-3-7-13(8-4-11)14-9-5-12(2)6-10-14;2*1-3-9-5-7-10(4-2)8-6-9;2*1-7-3-5-8(2)6-4-7;1-3-2/h13-16H,3-12H2,1-2H3;5-12H,3-4H2,1-2H3;11-14H,3-10H2,1-2H3;3-10H,1-2H3;9-10H,3-8H2,1-2H3;5-8H,3-4H2,1-2H3;7-8H,3-6H2,1-2H3;3-6H,1-2H3;3H2,1-2H3.